The Bertz CT molecular complexity index is 1400. The highest BCUT2D eigenvalue weighted by Crippen LogP contribution is 2.40. The fourth-order valence-corrected chi connectivity index (χ4v) is 4.99. The minimum atomic E-state index is -4.61. The van der Waals surface area contributed by atoms with E-state index in [0.717, 1.165) is 17.4 Å². The van der Waals surface area contributed by atoms with Crippen LogP contribution < -0.4 is 15.5 Å². The number of benzene rings is 2. The van der Waals surface area contributed by atoms with Crippen LogP contribution in [0.25, 0.3) is 5.57 Å². The largest absolute Gasteiger partial charge is 0.492 e. The van der Waals surface area contributed by atoms with Crippen LogP contribution in [0.15, 0.2) is 46.6 Å². The summed E-state index contributed by atoms with van der Waals surface area (Å²) >= 11 is 6.95. The van der Waals surface area contributed by atoms with Crippen molar-refractivity contribution in [1.29, 1.82) is 0 Å². The molecular formula is C22H15ClF4N4OS. The van der Waals surface area contributed by atoms with Gasteiger partial charge in [-0.15, -0.1) is 0 Å². The number of aromatic nitrogens is 1. The Morgan fingerprint density at radius 2 is 1.97 bits per heavy atom. The molecule has 0 unspecified atom stereocenters. The zero-order valence-corrected chi connectivity index (χ0v) is 18.3. The number of hydrogen-bond donors (Lipinski definition) is 1. The smallest absolute Gasteiger partial charge is 0.416 e. The van der Waals surface area contributed by atoms with Crippen LogP contribution in [0.1, 0.15) is 21.6 Å². The van der Waals surface area contributed by atoms with Crippen molar-refractivity contribution in [3.63, 3.8) is 0 Å². The average molecular weight is 495 g/mol. The second-order valence-electron chi connectivity index (χ2n) is 7.72. The van der Waals surface area contributed by atoms with Gasteiger partial charge in [-0.1, -0.05) is 35.1 Å². The first-order valence-electron chi connectivity index (χ1n) is 9.88. The van der Waals surface area contributed by atoms with Crippen LogP contribution in [0.5, 0.6) is 5.88 Å². The molecule has 2 aliphatic heterocycles. The van der Waals surface area contributed by atoms with Gasteiger partial charge in [-0.25, -0.2) is 4.39 Å². The maximum absolute atomic E-state index is 13.7. The lowest BCUT2D eigenvalue weighted by atomic mass is 9.96. The highest BCUT2D eigenvalue weighted by atomic mass is 35.5. The Kier molecular flexibility index (Phi) is 5.37. The Morgan fingerprint density at radius 3 is 2.70 bits per heavy atom. The van der Waals surface area contributed by atoms with Gasteiger partial charge in [0.15, 0.2) is 5.13 Å². The minimum absolute atomic E-state index is 0.00266. The molecule has 0 aliphatic carbocycles. The van der Waals surface area contributed by atoms with Crippen molar-refractivity contribution in [3.05, 3.63) is 73.6 Å². The number of hydrogen-bond acceptors (Lipinski definition) is 6. The molecule has 11 heteroatoms. The number of anilines is 1. The van der Waals surface area contributed by atoms with Gasteiger partial charge in [-0.05, 0) is 40.6 Å². The molecule has 5 nitrogen and oxygen atoms in total. The molecule has 3 aromatic rings. The lowest BCUT2D eigenvalue weighted by molar-refractivity contribution is -0.138. The van der Waals surface area contributed by atoms with E-state index in [1.807, 2.05) is 0 Å². The van der Waals surface area contributed by atoms with Crippen LogP contribution in [-0.4, -0.2) is 35.6 Å². The molecule has 0 saturated carbocycles. The number of thiazole rings is 1. The second-order valence-corrected chi connectivity index (χ2v) is 9.14. The lowest BCUT2D eigenvalue weighted by Crippen LogP contribution is -2.48. The quantitative estimate of drug-likeness (QED) is 0.556. The number of nitrogens with zero attached hydrogens (tertiary/aromatic N) is 4. The lowest BCUT2D eigenvalue weighted by Gasteiger charge is -2.33. The summed E-state index contributed by atoms with van der Waals surface area (Å²) in [7, 11) is 0. The molecule has 0 radical (unpaired) electrons. The zero-order chi connectivity index (χ0) is 23.3. The van der Waals surface area contributed by atoms with Gasteiger partial charge in [0.2, 0.25) is 5.88 Å². The summed E-state index contributed by atoms with van der Waals surface area (Å²) in [6.07, 6.45) is -4.16. The van der Waals surface area contributed by atoms with Crippen molar-refractivity contribution < 1.29 is 22.7 Å². The second kappa shape index (κ2) is 8.11. The van der Waals surface area contributed by atoms with Crippen molar-refractivity contribution in [3.8, 4) is 5.88 Å². The Labute approximate surface area is 194 Å². The summed E-state index contributed by atoms with van der Waals surface area (Å²) in [5.41, 5.74) is 0.314. The van der Waals surface area contributed by atoms with Crippen LogP contribution in [0.3, 0.4) is 0 Å². The molecule has 3 heterocycles. The van der Waals surface area contributed by atoms with E-state index in [1.165, 1.54) is 12.1 Å². The molecular weight excluding hydrogens is 480 g/mol. The van der Waals surface area contributed by atoms with E-state index in [0.29, 0.717) is 31.7 Å². The number of halogens is 5. The molecule has 1 N–H and O–H groups in total. The van der Waals surface area contributed by atoms with Crippen molar-refractivity contribution in [2.45, 2.75) is 18.8 Å². The molecule has 5 rings (SSSR count). The SMILES string of the molecule is Oc1nc(N2CC(F)C2)sc1C(Cc1ccc(Cl)cc1C(F)(F)F)=c1ccc2c(c1)C=NN=2. The van der Waals surface area contributed by atoms with E-state index in [1.54, 1.807) is 29.3 Å². The third-order valence-electron chi connectivity index (χ3n) is 5.46. The summed E-state index contributed by atoms with van der Waals surface area (Å²) in [5, 5.41) is 20.1. The van der Waals surface area contributed by atoms with Gasteiger partial charge in [-0.3, -0.25) is 0 Å². The maximum atomic E-state index is 13.7. The molecule has 1 aromatic heterocycles. The molecule has 1 fully saturated rings. The normalized spacial score (nSPS) is 16.5. The van der Waals surface area contributed by atoms with Crippen LogP contribution >= 0.6 is 22.9 Å². The number of fused-ring (bicyclic) bond motifs is 1. The fraction of sp³-hybridized carbons (Fsp3) is 0.227. The van der Waals surface area contributed by atoms with Crippen LogP contribution in [0.4, 0.5) is 22.7 Å². The first-order chi connectivity index (χ1) is 15.7. The molecule has 2 aliphatic rings. The van der Waals surface area contributed by atoms with Crippen LogP contribution in [0, 0.1) is 0 Å². The molecule has 0 atom stereocenters. The Morgan fingerprint density at radius 1 is 1.18 bits per heavy atom. The summed E-state index contributed by atoms with van der Waals surface area (Å²) in [4.78, 5) is 6.13. The highest BCUT2D eigenvalue weighted by molar-refractivity contribution is 7.17. The van der Waals surface area contributed by atoms with Gasteiger partial charge in [0, 0.05) is 17.0 Å². The minimum Gasteiger partial charge on any atom is -0.492 e. The van der Waals surface area contributed by atoms with Gasteiger partial charge >= 0.3 is 6.18 Å². The molecule has 2 aromatic carbocycles. The van der Waals surface area contributed by atoms with Crippen molar-refractivity contribution in [2.24, 2.45) is 10.2 Å². The van der Waals surface area contributed by atoms with Gasteiger partial charge in [0.1, 0.15) is 6.17 Å². The van der Waals surface area contributed by atoms with Crippen LogP contribution in [0.2, 0.25) is 5.02 Å². The number of alkyl halides is 4. The predicted molar refractivity (Wildman–Crippen MR) is 118 cm³/mol. The summed E-state index contributed by atoms with van der Waals surface area (Å²) < 4.78 is 54.5. The van der Waals surface area contributed by atoms with Gasteiger partial charge in [0.05, 0.1) is 35.1 Å². The molecule has 33 heavy (non-hydrogen) atoms. The van der Waals surface area contributed by atoms with Gasteiger partial charge < -0.3 is 10.0 Å². The van der Waals surface area contributed by atoms with E-state index in [9.17, 15) is 22.7 Å². The van der Waals surface area contributed by atoms with E-state index in [2.05, 4.69) is 15.2 Å². The summed E-state index contributed by atoms with van der Waals surface area (Å²) in [6.45, 7) is 0.321. The first-order valence-corrected chi connectivity index (χ1v) is 11.1. The predicted octanol–water partition coefficient (Wildman–Crippen LogP) is 4.09. The highest BCUT2D eigenvalue weighted by Gasteiger charge is 2.34. The maximum Gasteiger partial charge on any atom is 0.416 e. The third-order valence-corrected chi connectivity index (χ3v) is 6.86. The molecule has 170 valence electrons. The Hall–Kier alpha value is -2.98. The standard InChI is InChI=1S/C22H15ClF4N4OS/c23-14-3-1-12(17(7-14)22(25,26)27)6-16(11-2-4-18-13(5-11)8-28-30-18)19-20(32)29-21(33-19)31-9-15(24)10-31/h1-5,7-8,15,32H,6,9-10H2. The number of aromatic hydroxyl groups is 1. The van der Waals surface area contributed by atoms with E-state index in [4.69, 9.17) is 11.6 Å². The Balaban J connectivity index is 1.67. The monoisotopic (exact) mass is 494 g/mol. The topological polar surface area (TPSA) is 61.1 Å². The average Bonchev–Trinajstić information content (AvgIpc) is 3.35. The first kappa shape index (κ1) is 21.8. The van der Waals surface area contributed by atoms with E-state index < -0.39 is 17.9 Å². The van der Waals surface area contributed by atoms with Crippen molar-refractivity contribution >= 4 is 39.9 Å². The van der Waals surface area contributed by atoms with Gasteiger partial charge in [0.25, 0.3) is 0 Å². The molecule has 0 amide bonds. The molecule has 1 saturated heterocycles. The van der Waals surface area contributed by atoms with Crippen molar-refractivity contribution in [1.82, 2.24) is 4.98 Å². The molecule has 0 bridgehead atoms. The summed E-state index contributed by atoms with van der Waals surface area (Å²) in [5.74, 6) is -0.311. The van der Waals surface area contributed by atoms with Crippen molar-refractivity contribution in [2.75, 3.05) is 18.0 Å². The number of rotatable bonds is 4. The fourth-order valence-electron chi connectivity index (χ4n) is 3.77. The van der Waals surface area contributed by atoms with Gasteiger partial charge in [-0.2, -0.15) is 28.4 Å². The van der Waals surface area contributed by atoms with E-state index >= 15 is 0 Å². The molecule has 0 spiro atoms. The van der Waals surface area contributed by atoms with Crippen LogP contribution in [-0.2, 0) is 12.6 Å². The zero-order valence-electron chi connectivity index (χ0n) is 16.8. The third kappa shape index (κ3) is 4.20. The van der Waals surface area contributed by atoms with E-state index in [-0.39, 0.29) is 36.0 Å². The summed E-state index contributed by atoms with van der Waals surface area (Å²) in [6, 6.07) is 8.81.